The highest BCUT2D eigenvalue weighted by Crippen LogP contribution is 2.23. The van der Waals surface area contributed by atoms with Crippen LogP contribution in [-0.2, 0) is 11.4 Å². The predicted molar refractivity (Wildman–Crippen MR) is 106 cm³/mol. The molecule has 0 fully saturated rings. The number of hydrogen-bond donors (Lipinski definition) is 2. The number of aromatic hydroxyl groups is 1. The molecule has 1 amide bonds. The van der Waals surface area contributed by atoms with E-state index in [0.717, 1.165) is 0 Å². The average Bonchev–Trinajstić information content (AvgIpc) is 2.75. The van der Waals surface area contributed by atoms with Gasteiger partial charge in [-0.25, -0.2) is 14.9 Å². The maximum absolute atomic E-state index is 13.8. The Hall–Kier alpha value is -3.72. The van der Waals surface area contributed by atoms with Crippen molar-refractivity contribution in [2.24, 2.45) is 0 Å². The van der Waals surface area contributed by atoms with Gasteiger partial charge in [0.2, 0.25) is 11.7 Å². The van der Waals surface area contributed by atoms with E-state index in [-0.39, 0.29) is 23.9 Å². The molecule has 0 atom stereocenters. The Morgan fingerprint density at radius 3 is 2.53 bits per heavy atom. The Morgan fingerprint density at radius 2 is 1.83 bits per heavy atom. The molecule has 2 aromatic carbocycles. The van der Waals surface area contributed by atoms with Crippen LogP contribution in [0.3, 0.4) is 0 Å². The molecule has 0 unspecified atom stereocenters. The number of benzene rings is 2. The van der Waals surface area contributed by atoms with Crippen molar-refractivity contribution in [1.82, 2.24) is 15.4 Å². The molecule has 0 aliphatic carbocycles. The summed E-state index contributed by atoms with van der Waals surface area (Å²) in [6.45, 7) is 2.18. The highest BCUT2D eigenvalue weighted by molar-refractivity contribution is 5.90. The SMILES string of the molecule is CCOc1ccc(-c2cc(O)nc(C(=O)NOCc3cc(OC)ccc3F)n2)cc1. The van der Waals surface area contributed by atoms with Crippen LogP contribution in [0.25, 0.3) is 11.3 Å². The summed E-state index contributed by atoms with van der Waals surface area (Å²) in [4.78, 5) is 25.2. The maximum Gasteiger partial charge on any atom is 0.312 e. The van der Waals surface area contributed by atoms with Gasteiger partial charge in [-0.2, -0.15) is 4.98 Å². The monoisotopic (exact) mass is 413 g/mol. The summed E-state index contributed by atoms with van der Waals surface area (Å²) in [6, 6.07) is 12.5. The summed E-state index contributed by atoms with van der Waals surface area (Å²) in [5.41, 5.74) is 3.34. The number of hydrogen-bond acceptors (Lipinski definition) is 7. The van der Waals surface area contributed by atoms with E-state index in [4.69, 9.17) is 14.3 Å². The van der Waals surface area contributed by atoms with Gasteiger partial charge in [0.1, 0.15) is 23.9 Å². The van der Waals surface area contributed by atoms with Crippen molar-refractivity contribution in [3.05, 3.63) is 65.7 Å². The number of carbonyl (C=O) groups excluding carboxylic acids is 1. The van der Waals surface area contributed by atoms with Crippen LogP contribution in [0.4, 0.5) is 4.39 Å². The van der Waals surface area contributed by atoms with Crippen molar-refractivity contribution in [3.8, 4) is 28.6 Å². The summed E-state index contributed by atoms with van der Waals surface area (Å²) >= 11 is 0. The number of carbonyl (C=O) groups is 1. The zero-order valence-electron chi connectivity index (χ0n) is 16.4. The third-order valence-corrected chi connectivity index (χ3v) is 4.02. The molecule has 3 rings (SSSR count). The normalized spacial score (nSPS) is 10.5. The van der Waals surface area contributed by atoms with Gasteiger partial charge in [-0.3, -0.25) is 9.63 Å². The van der Waals surface area contributed by atoms with Crippen molar-refractivity contribution >= 4 is 5.91 Å². The number of rotatable bonds is 8. The molecule has 9 heteroatoms. The van der Waals surface area contributed by atoms with E-state index >= 15 is 0 Å². The van der Waals surface area contributed by atoms with Crippen LogP contribution >= 0.6 is 0 Å². The summed E-state index contributed by atoms with van der Waals surface area (Å²) in [5.74, 6) is -0.825. The van der Waals surface area contributed by atoms with E-state index in [1.165, 1.54) is 31.4 Å². The lowest BCUT2D eigenvalue weighted by Crippen LogP contribution is -2.26. The first-order chi connectivity index (χ1) is 14.5. The number of amides is 1. The summed E-state index contributed by atoms with van der Waals surface area (Å²) in [6.07, 6.45) is 0. The first-order valence-electron chi connectivity index (χ1n) is 9.06. The fourth-order valence-corrected chi connectivity index (χ4v) is 2.59. The number of nitrogens with zero attached hydrogens (tertiary/aromatic N) is 2. The Morgan fingerprint density at radius 1 is 1.10 bits per heavy atom. The van der Waals surface area contributed by atoms with E-state index in [1.54, 1.807) is 24.3 Å². The highest BCUT2D eigenvalue weighted by atomic mass is 19.1. The lowest BCUT2D eigenvalue weighted by atomic mass is 10.1. The van der Waals surface area contributed by atoms with Crippen LogP contribution < -0.4 is 15.0 Å². The minimum absolute atomic E-state index is 0.196. The average molecular weight is 413 g/mol. The zero-order chi connectivity index (χ0) is 21.5. The fourth-order valence-electron chi connectivity index (χ4n) is 2.59. The van der Waals surface area contributed by atoms with E-state index in [2.05, 4.69) is 15.4 Å². The molecule has 156 valence electrons. The molecule has 1 aromatic heterocycles. The van der Waals surface area contributed by atoms with Gasteiger partial charge < -0.3 is 14.6 Å². The van der Waals surface area contributed by atoms with Crippen LogP contribution in [0.5, 0.6) is 17.4 Å². The molecule has 0 aliphatic heterocycles. The second kappa shape index (κ2) is 9.66. The van der Waals surface area contributed by atoms with Crippen LogP contribution in [-0.4, -0.2) is 34.7 Å². The van der Waals surface area contributed by atoms with Crippen LogP contribution in [0.15, 0.2) is 48.5 Å². The van der Waals surface area contributed by atoms with Crippen molar-refractivity contribution < 1.29 is 28.6 Å². The van der Waals surface area contributed by atoms with Gasteiger partial charge >= 0.3 is 5.91 Å². The van der Waals surface area contributed by atoms with Crippen molar-refractivity contribution in [2.75, 3.05) is 13.7 Å². The molecular formula is C21H20FN3O5. The highest BCUT2D eigenvalue weighted by Gasteiger charge is 2.14. The van der Waals surface area contributed by atoms with Gasteiger partial charge in [0.15, 0.2) is 0 Å². The molecule has 0 saturated heterocycles. The van der Waals surface area contributed by atoms with E-state index in [0.29, 0.717) is 29.4 Å². The molecule has 2 N–H and O–H groups in total. The predicted octanol–water partition coefficient (Wildman–Crippen LogP) is 3.26. The lowest BCUT2D eigenvalue weighted by molar-refractivity contribution is 0.0214. The quantitative estimate of drug-likeness (QED) is 0.547. The van der Waals surface area contributed by atoms with Crippen LogP contribution in [0.1, 0.15) is 23.1 Å². The minimum atomic E-state index is -0.790. The number of aromatic nitrogens is 2. The third-order valence-electron chi connectivity index (χ3n) is 4.02. The van der Waals surface area contributed by atoms with Crippen LogP contribution in [0.2, 0.25) is 0 Å². The number of ether oxygens (including phenoxy) is 2. The first kappa shape index (κ1) is 21.0. The molecule has 30 heavy (non-hydrogen) atoms. The molecule has 0 spiro atoms. The standard InChI is InChI=1S/C21H20FN3O5/c1-3-29-15-6-4-13(5-7-15)18-11-19(26)24-20(23-18)21(27)25-30-12-14-10-16(28-2)8-9-17(14)22/h4-11H,3,12H2,1-2H3,(H,25,27)(H,23,24,26). The molecule has 8 nitrogen and oxygen atoms in total. The molecule has 0 aliphatic rings. The van der Waals surface area contributed by atoms with Crippen molar-refractivity contribution in [1.29, 1.82) is 0 Å². The molecule has 1 heterocycles. The van der Waals surface area contributed by atoms with E-state index in [9.17, 15) is 14.3 Å². The Labute approximate surface area is 172 Å². The first-order valence-corrected chi connectivity index (χ1v) is 9.06. The van der Waals surface area contributed by atoms with Gasteiger partial charge in [-0.15, -0.1) is 0 Å². The van der Waals surface area contributed by atoms with Gasteiger partial charge in [0, 0.05) is 17.2 Å². The largest absolute Gasteiger partial charge is 0.497 e. The van der Waals surface area contributed by atoms with Gasteiger partial charge in [-0.1, -0.05) is 0 Å². The number of methoxy groups -OCH3 is 1. The molecule has 0 radical (unpaired) electrons. The van der Waals surface area contributed by atoms with Crippen LogP contribution in [0, 0.1) is 5.82 Å². The van der Waals surface area contributed by atoms with Gasteiger partial charge in [-0.05, 0) is 49.4 Å². The van der Waals surface area contributed by atoms with Gasteiger partial charge in [0.25, 0.3) is 0 Å². The minimum Gasteiger partial charge on any atom is -0.497 e. The summed E-state index contributed by atoms with van der Waals surface area (Å²) in [7, 11) is 1.46. The molecule has 3 aromatic rings. The second-order valence-electron chi connectivity index (χ2n) is 6.07. The number of hydroxylamine groups is 1. The van der Waals surface area contributed by atoms with Gasteiger partial charge in [0.05, 0.1) is 19.4 Å². The second-order valence-corrected chi connectivity index (χ2v) is 6.07. The molecule has 0 bridgehead atoms. The smallest absolute Gasteiger partial charge is 0.312 e. The Kier molecular flexibility index (Phi) is 6.76. The maximum atomic E-state index is 13.8. The van der Waals surface area contributed by atoms with Crippen molar-refractivity contribution in [3.63, 3.8) is 0 Å². The summed E-state index contributed by atoms with van der Waals surface area (Å²) < 4.78 is 24.2. The number of nitrogens with one attached hydrogen (secondary N) is 1. The summed E-state index contributed by atoms with van der Waals surface area (Å²) in [5, 5.41) is 9.88. The van der Waals surface area contributed by atoms with E-state index in [1.807, 2.05) is 6.92 Å². The zero-order valence-corrected chi connectivity index (χ0v) is 16.4. The lowest BCUT2D eigenvalue weighted by Gasteiger charge is -2.09. The Bertz CT molecular complexity index is 1030. The topological polar surface area (TPSA) is 103 Å². The molecule has 0 saturated carbocycles. The van der Waals surface area contributed by atoms with E-state index < -0.39 is 11.7 Å². The Balaban J connectivity index is 1.69. The number of halogens is 1. The fraction of sp³-hybridized carbons (Fsp3) is 0.190. The molecular weight excluding hydrogens is 393 g/mol. The third kappa shape index (κ3) is 5.21. The van der Waals surface area contributed by atoms with Crippen molar-refractivity contribution in [2.45, 2.75) is 13.5 Å².